The third kappa shape index (κ3) is 1.77. The Hall–Kier alpha value is -1.58. The zero-order chi connectivity index (χ0) is 11.8. The monoisotopic (exact) mass is 260 g/mol. The summed E-state index contributed by atoms with van der Waals surface area (Å²) in [7, 11) is 0. The van der Waals surface area contributed by atoms with Gasteiger partial charge in [-0.15, -0.1) is 0 Å². The van der Waals surface area contributed by atoms with E-state index in [1.165, 1.54) is 0 Å². The van der Waals surface area contributed by atoms with Crippen LogP contribution in [0.25, 0.3) is 0 Å². The molecule has 2 N–H and O–H groups in total. The highest BCUT2D eigenvalue weighted by molar-refractivity contribution is 7.81. The predicted molar refractivity (Wildman–Crippen MR) is 76.5 cm³/mol. The highest BCUT2D eigenvalue weighted by Crippen LogP contribution is 2.36. The highest BCUT2D eigenvalue weighted by Gasteiger charge is 2.17. The standard InChI is InChI=1S/C13H9ClN2S/c14-9-5-3-7-11-12(9)15-10-6-2-1-4-8(10)13(17)16-11/h1-7,15H,(H,16,17). The summed E-state index contributed by atoms with van der Waals surface area (Å²) >= 11 is 11.6. The van der Waals surface area contributed by atoms with Crippen LogP contribution < -0.4 is 10.6 Å². The fourth-order valence-electron chi connectivity index (χ4n) is 1.87. The van der Waals surface area contributed by atoms with Crippen molar-refractivity contribution in [3.63, 3.8) is 0 Å². The summed E-state index contributed by atoms with van der Waals surface area (Å²) in [4.78, 5) is 0.703. The van der Waals surface area contributed by atoms with Crippen LogP contribution >= 0.6 is 23.8 Å². The number of anilines is 3. The third-order valence-electron chi connectivity index (χ3n) is 2.69. The maximum Gasteiger partial charge on any atom is 0.113 e. The lowest BCUT2D eigenvalue weighted by Crippen LogP contribution is -2.08. The largest absolute Gasteiger partial charge is 0.352 e. The summed E-state index contributed by atoms with van der Waals surface area (Å²) < 4.78 is 0. The van der Waals surface area contributed by atoms with E-state index in [-0.39, 0.29) is 0 Å². The number of halogens is 1. The SMILES string of the molecule is S=C1Nc2cccc(Cl)c2Nc2ccccc21. The van der Waals surface area contributed by atoms with Gasteiger partial charge in [-0.25, -0.2) is 0 Å². The van der Waals surface area contributed by atoms with Crippen molar-refractivity contribution in [3.05, 3.63) is 53.1 Å². The molecule has 0 fully saturated rings. The van der Waals surface area contributed by atoms with Crippen LogP contribution in [0.3, 0.4) is 0 Å². The van der Waals surface area contributed by atoms with Gasteiger partial charge in [-0.1, -0.05) is 42.0 Å². The molecule has 17 heavy (non-hydrogen) atoms. The molecule has 0 saturated heterocycles. The fraction of sp³-hybridized carbons (Fsp3) is 0. The minimum atomic E-state index is 0.675. The van der Waals surface area contributed by atoms with Crippen molar-refractivity contribution in [1.29, 1.82) is 0 Å². The second-order valence-electron chi connectivity index (χ2n) is 3.79. The van der Waals surface area contributed by atoms with Crippen LogP contribution in [0.4, 0.5) is 17.1 Å². The first kappa shape index (κ1) is 10.6. The molecule has 1 aliphatic heterocycles. The number of para-hydroxylation sites is 2. The average molecular weight is 261 g/mol. The van der Waals surface area contributed by atoms with Crippen LogP contribution in [0.2, 0.25) is 5.02 Å². The lowest BCUT2D eigenvalue weighted by Gasteiger charge is -2.10. The first-order valence-electron chi connectivity index (χ1n) is 5.21. The van der Waals surface area contributed by atoms with Crippen molar-refractivity contribution in [2.24, 2.45) is 0 Å². The van der Waals surface area contributed by atoms with Gasteiger partial charge in [-0.2, -0.15) is 0 Å². The Kier molecular flexibility index (Phi) is 2.50. The molecule has 84 valence electrons. The molecule has 0 aliphatic carbocycles. The lowest BCUT2D eigenvalue weighted by atomic mass is 10.2. The summed E-state index contributed by atoms with van der Waals surface area (Å²) in [5.74, 6) is 0. The van der Waals surface area contributed by atoms with Gasteiger partial charge in [0.1, 0.15) is 4.99 Å². The summed E-state index contributed by atoms with van der Waals surface area (Å²) in [5, 5.41) is 7.20. The van der Waals surface area contributed by atoms with E-state index in [1.54, 1.807) is 0 Å². The van der Waals surface area contributed by atoms with Crippen LogP contribution in [0.1, 0.15) is 5.56 Å². The Bertz CT molecular complexity index is 610. The maximum atomic E-state index is 6.18. The average Bonchev–Trinajstić information content (AvgIpc) is 2.47. The Labute approximate surface area is 110 Å². The van der Waals surface area contributed by atoms with E-state index >= 15 is 0 Å². The molecule has 3 rings (SSSR count). The van der Waals surface area contributed by atoms with Crippen molar-refractivity contribution < 1.29 is 0 Å². The van der Waals surface area contributed by atoms with Crippen molar-refractivity contribution >= 4 is 45.9 Å². The molecule has 0 spiro atoms. The van der Waals surface area contributed by atoms with Crippen LogP contribution in [-0.4, -0.2) is 4.99 Å². The number of nitrogens with one attached hydrogen (secondary N) is 2. The molecule has 0 aromatic heterocycles. The van der Waals surface area contributed by atoms with Crippen LogP contribution in [0.15, 0.2) is 42.5 Å². The summed E-state index contributed by atoms with van der Waals surface area (Å²) in [5.41, 5.74) is 3.71. The molecule has 0 saturated carbocycles. The number of rotatable bonds is 0. The van der Waals surface area contributed by atoms with Gasteiger partial charge < -0.3 is 10.6 Å². The van der Waals surface area contributed by atoms with Gasteiger partial charge >= 0.3 is 0 Å². The number of hydrogen-bond acceptors (Lipinski definition) is 2. The molecule has 0 radical (unpaired) electrons. The molecular formula is C13H9ClN2S. The van der Waals surface area contributed by atoms with E-state index in [1.807, 2.05) is 42.5 Å². The van der Waals surface area contributed by atoms with Crippen LogP contribution in [0, 0.1) is 0 Å². The molecular weight excluding hydrogens is 252 g/mol. The molecule has 2 aromatic rings. The molecule has 0 atom stereocenters. The van der Waals surface area contributed by atoms with E-state index in [9.17, 15) is 0 Å². The van der Waals surface area contributed by atoms with Crippen molar-refractivity contribution in [3.8, 4) is 0 Å². The predicted octanol–water partition coefficient (Wildman–Crippen LogP) is 4.18. The van der Waals surface area contributed by atoms with Gasteiger partial charge in [0.15, 0.2) is 0 Å². The highest BCUT2D eigenvalue weighted by atomic mass is 35.5. The van der Waals surface area contributed by atoms with Gasteiger partial charge in [-0.05, 0) is 24.3 Å². The number of hydrogen-bond donors (Lipinski definition) is 2. The van der Waals surface area contributed by atoms with E-state index in [2.05, 4.69) is 10.6 Å². The summed E-state index contributed by atoms with van der Waals surface area (Å²) in [6.45, 7) is 0. The molecule has 1 aliphatic rings. The van der Waals surface area contributed by atoms with Crippen LogP contribution in [-0.2, 0) is 0 Å². The number of thiocarbonyl (C=S) groups is 1. The van der Waals surface area contributed by atoms with Gasteiger partial charge in [0.05, 0.1) is 16.4 Å². The van der Waals surface area contributed by atoms with Gasteiger partial charge in [-0.3, -0.25) is 0 Å². The van der Waals surface area contributed by atoms with E-state index < -0.39 is 0 Å². The maximum absolute atomic E-state index is 6.18. The quantitative estimate of drug-likeness (QED) is 0.695. The number of fused-ring (bicyclic) bond motifs is 2. The lowest BCUT2D eigenvalue weighted by molar-refractivity contribution is 1.56. The summed E-state index contributed by atoms with van der Waals surface area (Å²) in [6, 6.07) is 13.6. The van der Waals surface area contributed by atoms with Crippen molar-refractivity contribution in [2.45, 2.75) is 0 Å². The molecule has 2 nitrogen and oxygen atoms in total. The number of benzene rings is 2. The minimum absolute atomic E-state index is 0.675. The smallest absolute Gasteiger partial charge is 0.113 e. The Morgan fingerprint density at radius 2 is 1.65 bits per heavy atom. The summed E-state index contributed by atoms with van der Waals surface area (Å²) in [6.07, 6.45) is 0. The minimum Gasteiger partial charge on any atom is -0.352 e. The van der Waals surface area contributed by atoms with Crippen molar-refractivity contribution in [2.75, 3.05) is 10.6 Å². The van der Waals surface area contributed by atoms with E-state index in [4.69, 9.17) is 23.8 Å². The Morgan fingerprint density at radius 3 is 2.53 bits per heavy atom. The van der Waals surface area contributed by atoms with Crippen LogP contribution in [0.5, 0.6) is 0 Å². The fourth-order valence-corrected chi connectivity index (χ4v) is 2.38. The Balaban J connectivity index is 2.21. The van der Waals surface area contributed by atoms with Gasteiger partial charge in [0, 0.05) is 11.3 Å². The molecule has 1 heterocycles. The molecule has 4 heteroatoms. The second kappa shape index (κ2) is 4.02. The zero-order valence-electron chi connectivity index (χ0n) is 8.83. The van der Waals surface area contributed by atoms with E-state index in [0.717, 1.165) is 22.6 Å². The third-order valence-corrected chi connectivity index (χ3v) is 3.33. The first-order chi connectivity index (χ1) is 8.25. The normalized spacial score (nSPS) is 12.9. The van der Waals surface area contributed by atoms with E-state index in [0.29, 0.717) is 10.0 Å². The first-order valence-corrected chi connectivity index (χ1v) is 6.00. The molecule has 0 bridgehead atoms. The topological polar surface area (TPSA) is 24.1 Å². The molecule has 0 amide bonds. The molecule has 2 aromatic carbocycles. The Morgan fingerprint density at radius 1 is 0.882 bits per heavy atom. The second-order valence-corrected chi connectivity index (χ2v) is 4.60. The molecule has 0 unspecified atom stereocenters. The van der Waals surface area contributed by atoms with Gasteiger partial charge in [0.2, 0.25) is 0 Å². The van der Waals surface area contributed by atoms with Crippen molar-refractivity contribution in [1.82, 2.24) is 0 Å². The van der Waals surface area contributed by atoms with Gasteiger partial charge in [0.25, 0.3) is 0 Å². The zero-order valence-corrected chi connectivity index (χ0v) is 10.4.